The van der Waals surface area contributed by atoms with E-state index in [4.69, 9.17) is 15.8 Å². The van der Waals surface area contributed by atoms with E-state index >= 15 is 0 Å². The number of carboxylic acids is 1. The molecule has 0 aromatic heterocycles. The van der Waals surface area contributed by atoms with Crippen LogP contribution in [0, 0.1) is 11.7 Å². The van der Waals surface area contributed by atoms with Crippen molar-refractivity contribution in [2.24, 2.45) is 11.7 Å². The molecule has 0 unspecified atom stereocenters. The van der Waals surface area contributed by atoms with Crippen molar-refractivity contribution >= 4 is 29.5 Å². The molecule has 1 saturated carbocycles. The fraction of sp³-hybridized carbons (Fsp3) is 0.476. The lowest BCUT2D eigenvalue weighted by Gasteiger charge is -2.48. The van der Waals surface area contributed by atoms with E-state index in [2.05, 4.69) is 4.90 Å². The Morgan fingerprint density at radius 1 is 1.21 bits per heavy atom. The van der Waals surface area contributed by atoms with Gasteiger partial charge in [-0.1, -0.05) is 37.1 Å². The minimum absolute atomic E-state index is 0.135. The normalized spacial score (nSPS) is 20.7. The van der Waals surface area contributed by atoms with E-state index in [-0.39, 0.29) is 24.1 Å². The number of fused-ring (bicyclic) bond motifs is 1. The third-order valence-electron chi connectivity index (χ3n) is 6.32. The molecule has 0 saturated heterocycles. The topological polar surface area (TPSA) is 107 Å². The summed E-state index contributed by atoms with van der Waals surface area (Å²) in [7, 11) is 0.571. The van der Waals surface area contributed by atoms with Crippen LogP contribution in [0.1, 0.15) is 32.1 Å². The molecule has 0 radical (unpaired) electrons. The monoisotopic (exact) mass is 402 g/mol. The van der Waals surface area contributed by atoms with Crippen LogP contribution in [-0.4, -0.2) is 46.9 Å². The maximum atomic E-state index is 14.1. The molecule has 1 atom stereocenters. The highest BCUT2D eigenvalue weighted by Gasteiger charge is 2.49. The molecule has 5 N–H and O–H groups in total. The zero-order valence-corrected chi connectivity index (χ0v) is 16.6. The quantitative estimate of drug-likeness (QED) is 0.380. The second-order valence-corrected chi connectivity index (χ2v) is 8.12. The predicted molar refractivity (Wildman–Crippen MR) is 112 cm³/mol. The zero-order chi connectivity index (χ0) is 21.2. The molecular formula is C21H28BFN2O4. The number of aliphatic carboxylic acids is 1. The van der Waals surface area contributed by atoms with Crippen molar-refractivity contribution in [2.45, 2.75) is 50.0 Å². The number of rotatable bonds is 9. The van der Waals surface area contributed by atoms with Crippen molar-refractivity contribution in [2.75, 3.05) is 11.9 Å². The van der Waals surface area contributed by atoms with E-state index in [1.807, 2.05) is 25.2 Å². The summed E-state index contributed by atoms with van der Waals surface area (Å²) in [4.78, 5) is 13.9. The summed E-state index contributed by atoms with van der Waals surface area (Å²) in [6, 6.07) is 10.7. The summed E-state index contributed by atoms with van der Waals surface area (Å²) < 4.78 is 14.1. The summed E-state index contributed by atoms with van der Waals surface area (Å²) in [5.41, 5.74) is 5.88. The molecule has 0 amide bonds. The number of hydrogen-bond acceptors (Lipinski definition) is 5. The van der Waals surface area contributed by atoms with Crippen LogP contribution in [-0.2, 0) is 4.79 Å². The second kappa shape index (κ2) is 8.69. The molecule has 29 heavy (non-hydrogen) atoms. The molecule has 1 aliphatic carbocycles. The Bertz CT molecular complexity index is 875. The van der Waals surface area contributed by atoms with Crippen LogP contribution in [0.15, 0.2) is 36.4 Å². The summed E-state index contributed by atoms with van der Waals surface area (Å²) in [5.74, 6) is -1.43. The average molecular weight is 402 g/mol. The molecule has 1 fully saturated rings. The molecule has 1 aliphatic rings. The number of nitrogens with two attached hydrogens (primary N) is 1. The van der Waals surface area contributed by atoms with Gasteiger partial charge in [-0.25, -0.2) is 4.39 Å². The first-order valence-corrected chi connectivity index (χ1v) is 10.0. The number of benzene rings is 2. The maximum absolute atomic E-state index is 14.1. The van der Waals surface area contributed by atoms with Crippen molar-refractivity contribution in [3.8, 4) is 0 Å². The van der Waals surface area contributed by atoms with Crippen molar-refractivity contribution < 1.29 is 24.3 Å². The number of anilines is 1. The Balaban J connectivity index is 1.67. The molecule has 3 rings (SSSR count). The maximum Gasteiger partial charge on any atom is 0.451 e. The minimum Gasteiger partial charge on any atom is -0.480 e. The van der Waals surface area contributed by atoms with Gasteiger partial charge in [0.15, 0.2) is 0 Å². The fourth-order valence-corrected chi connectivity index (χ4v) is 4.31. The van der Waals surface area contributed by atoms with Gasteiger partial charge >= 0.3 is 13.1 Å². The SMILES string of the molecule is CN(c1cccc2c(F)cccc12)C1CC([C@@](N)(CCCCB(O)O)C(=O)O)C1. The molecule has 2 aromatic carbocycles. The third kappa shape index (κ3) is 4.39. The lowest BCUT2D eigenvalue weighted by molar-refractivity contribution is -0.147. The van der Waals surface area contributed by atoms with E-state index in [1.165, 1.54) is 6.07 Å². The highest BCUT2D eigenvalue weighted by molar-refractivity contribution is 6.40. The number of carboxylic acid groups (broad SMARTS) is 1. The van der Waals surface area contributed by atoms with Gasteiger partial charge in [-0.2, -0.15) is 0 Å². The van der Waals surface area contributed by atoms with Crippen LogP contribution >= 0.6 is 0 Å². The number of unbranched alkanes of at least 4 members (excludes halogenated alkanes) is 1. The minimum atomic E-state index is -1.38. The lowest BCUT2D eigenvalue weighted by atomic mass is 9.65. The molecule has 0 bridgehead atoms. The van der Waals surface area contributed by atoms with Crippen molar-refractivity contribution in [3.63, 3.8) is 0 Å². The molecule has 2 aromatic rings. The molecule has 156 valence electrons. The molecule has 8 heteroatoms. The van der Waals surface area contributed by atoms with Crippen LogP contribution in [0.2, 0.25) is 6.32 Å². The van der Waals surface area contributed by atoms with Gasteiger partial charge in [0.2, 0.25) is 0 Å². The first-order chi connectivity index (χ1) is 13.7. The summed E-state index contributed by atoms with van der Waals surface area (Å²) in [6.45, 7) is 0. The van der Waals surface area contributed by atoms with Crippen molar-refractivity contribution in [3.05, 3.63) is 42.2 Å². The summed E-state index contributed by atoms with van der Waals surface area (Å²) in [5, 5.41) is 29.0. The van der Waals surface area contributed by atoms with Gasteiger partial charge in [0.05, 0.1) is 0 Å². The van der Waals surface area contributed by atoms with Gasteiger partial charge in [-0.05, 0) is 43.6 Å². The van der Waals surface area contributed by atoms with Gasteiger partial charge < -0.3 is 25.8 Å². The number of carbonyl (C=O) groups is 1. The van der Waals surface area contributed by atoms with Gasteiger partial charge in [0.25, 0.3) is 0 Å². The lowest BCUT2D eigenvalue weighted by Crippen LogP contribution is -2.61. The number of nitrogens with zero attached hydrogens (tertiary/aromatic N) is 1. The Hall–Kier alpha value is -2.16. The van der Waals surface area contributed by atoms with E-state index < -0.39 is 18.6 Å². The Labute approximate surface area is 170 Å². The highest BCUT2D eigenvalue weighted by atomic mass is 19.1. The molecule has 0 spiro atoms. The van der Waals surface area contributed by atoms with E-state index in [9.17, 15) is 14.3 Å². The van der Waals surface area contributed by atoms with Gasteiger partial charge in [0.1, 0.15) is 11.4 Å². The molecule has 0 aliphatic heterocycles. The fourth-order valence-electron chi connectivity index (χ4n) is 4.31. The van der Waals surface area contributed by atoms with Crippen LogP contribution in [0.4, 0.5) is 10.1 Å². The van der Waals surface area contributed by atoms with Gasteiger partial charge in [-0.15, -0.1) is 0 Å². The Morgan fingerprint density at radius 3 is 2.52 bits per heavy atom. The first kappa shape index (κ1) is 21.6. The standard InChI is InChI=1S/C21H28BFN2O4/c1-25(19-9-5-6-16-17(19)7-4-8-18(16)23)15-12-14(13-15)21(24,20(26)27)10-2-3-11-22(28)29/h4-9,14-15,28-29H,2-3,10-13,24H2,1H3,(H,26,27)/t14?,15?,21-/m0/s1. The van der Waals surface area contributed by atoms with E-state index in [0.29, 0.717) is 37.5 Å². The van der Waals surface area contributed by atoms with Crippen LogP contribution in [0.3, 0.4) is 0 Å². The summed E-state index contributed by atoms with van der Waals surface area (Å²) in [6.07, 6.45) is 2.85. The second-order valence-electron chi connectivity index (χ2n) is 8.12. The van der Waals surface area contributed by atoms with Crippen LogP contribution in [0.25, 0.3) is 10.8 Å². The molecular weight excluding hydrogens is 374 g/mol. The van der Waals surface area contributed by atoms with Crippen molar-refractivity contribution in [1.82, 2.24) is 0 Å². The smallest absolute Gasteiger partial charge is 0.451 e. The third-order valence-corrected chi connectivity index (χ3v) is 6.32. The summed E-state index contributed by atoms with van der Waals surface area (Å²) >= 11 is 0. The molecule has 0 heterocycles. The highest BCUT2D eigenvalue weighted by Crippen LogP contribution is 2.42. The largest absolute Gasteiger partial charge is 0.480 e. The molecule has 6 nitrogen and oxygen atoms in total. The zero-order valence-electron chi connectivity index (χ0n) is 16.6. The van der Waals surface area contributed by atoms with Crippen molar-refractivity contribution in [1.29, 1.82) is 0 Å². The van der Waals surface area contributed by atoms with Crippen LogP contribution < -0.4 is 10.6 Å². The first-order valence-electron chi connectivity index (χ1n) is 10.0. The number of hydrogen-bond donors (Lipinski definition) is 4. The Morgan fingerprint density at radius 2 is 1.86 bits per heavy atom. The average Bonchev–Trinajstić information content (AvgIpc) is 2.63. The van der Waals surface area contributed by atoms with Crippen LogP contribution in [0.5, 0.6) is 0 Å². The van der Waals surface area contributed by atoms with E-state index in [1.54, 1.807) is 12.1 Å². The van der Waals surface area contributed by atoms with Gasteiger partial charge in [-0.3, -0.25) is 4.79 Å². The van der Waals surface area contributed by atoms with Gasteiger partial charge in [0, 0.05) is 29.5 Å². The van der Waals surface area contributed by atoms with E-state index in [0.717, 1.165) is 11.1 Å². The Kier molecular flexibility index (Phi) is 6.46. The number of halogens is 1. The predicted octanol–water partition coefficient (Wildman–Crippen LogP) is 2.62.